The SMILES string of the molecule is CCCCCc1ccccc1OCC. The van der Waals surface area contributed by atoms with E-state index >= 15 is 0 Å². The second-order valence-electron chi connectivity index (χ2n) is 3.50. The quantitative estimate of drug-likeness (QED) is 0.623. The lowest BCUT2D eigenvalue weighted by atomic mass is 10.1. The molecule has 0 saturated carbocycles. The molecule has 0 aromatic heterocycles. The Hall–Kier alpha value is -0.980. The van der Waals surface area contributed by atoms with Gasteiger partial charge >= 0.3 is 0 Å². The van der Waals surface area contributed by atoms with Crippen LogP contribution in [0.25, 0.3) is 0 Å². The van der Waals surface area contributed by atoms with Gasteiger partial charge in [-0.15, -0.1) is 0 Å². The minimum atomic E-state index is 0.755. The Morgan fingerprint density at radius 3 is 2.57 bits per heavy atom. The monoisotopic (exact) mass is 192 g/mol. The van der Waals surface area contributed by atoms with Gasteiger partial charge in [0.15, 0.2) is 0 Å². The Labute approximate surface area is 87.1 Å². The maximum absolute atomic E-state index is 5.57. The van der Waals surface area contributed by atoms with E-state index < -0.39 is 0 Å². The van der Waals surface area contributed by atoms with Crippen molar-refractivity contribution < 1.29 is 4.74 Å². The van der Waals surface area contributed by atoms with Crippen LogP contribution in [0.3, 0.4) is 0 Å². The third-order valence-corrected chi connectivity index (χ3v) is 2.32. The second kappa shape index (κ2) is 6.47. The van der Waals surface area contributed by atoms with E-state index in [-0.39, 0.29) is 0 Å². The van der Waals surface area contributed by atoms with Crippen LogP contribution in [0.4, 0.5) is 0 Å². The van der Waals surface area contributed by atoms with Gasteiger partial charge in [-0.2, -0.15) is 0 Å². The summed E-state index contributed by atoms with van der Waals surface area (Å²) in [6, 6.07) is 8.35. The summed E-state index contributed by atoms with van der Waals surface area (Å²) in [4.78, 5) is 0. The lowest BCUT2D eigenvalue weighted by molar-refractivity contribution is 0.336. The van der Waals surface area contributed by atoms with Gasteiger partial charge in [0.1, 0.15) is 5.75 Å². The molecular weight excluding hydrogens is 172 g/mol. The molecule has 1 heteroatoms. The minimum Gasteiger partial charge on any atom is -0.494 e. The third kappa shape index (κ3) is 3.41. The molecule has 0 unspecified atom stereocenters. The van der Waals surface area contributed by atoms with Crippen molar-refractivity contribution in [3.05, 3.63) is 29.8 Å². The van der Waals surface area contributed by atoms with Gasteiger partial charge in [-0.1, -0.05) is 38.0 Å². The van der Waals surface area contributed by atoms with Crippen LogP contribution in [-0.4, -0.2) is 6.61 Å². The van der Waals surface area contributed by atoms with Crippen molar-refractivity contribution >= 4 is 0 Å². The zero-order chi connectivity index (χ0) is 10.2. The van der Waals surface area contributed by atoms with Crippen molar-refractivity contribution in [2.75, 3.05) is 6.61 Å². The highest BCUT2D eigenvalue weighted by molar-refractivity contribution is 5.33. The predicted octanol–water partition coefficient (Wildman–Crippen LogP) is 3.82. The Kier molecular flexibility index (Phi) is 5.13. The smallest absolute Gasteiger partial charge is 0.122 e. The Balaban J connectivity index is 2.55. The molecule has 0 aliphatic carbocycles. The molecule has 78 valence electrons. The third-order valence-electron chi connectivity index (χ3n) is 2.32. The summed E-state index contributed by atoms with van der Waals surface area (Å²) >= 11 is 0. The van der Waals surface area contributed by atoms with Gasteiger partial charge in [0.05, 0.1) is 6.61 Å². The first-order valence-electron chi connectivity index (χ1n) is 5.59. The maximum atomic E-state index is 5.57. The molecule has 0 aliphatic heterocycles. The molecule has 0 fully saturated rings. The number of benzene rings is 1. The molecule has 0 bridgehead atoms. The van der Waals surface area contributed by atoms with Gasteiger partial charge in [0.2, 0.25) is 0 Å². The fourth-order valence-corrected chi connectivity index (χ4v) is 1.57. The zero-order valence-electron chi connectivity index (χ0n) is 9.25. The number of hydrogen-bond donors (Lipinski definition) is 0. The van der Waals surface area contributed by atoms with Gasteiger partial charge in [0, 0.05) is 0 Å². The summed E-state index contributed by atoms with van der Waals surface area (Å²) < 4.78 is 5.57. The van der Waals surface area contributed by atoms with E-state index in [4.69, 9.17) is 4.74 Å². The molecule has 0 radical (unpaired) electrons. The van der Waals surface area contributed by atoms with E-state index in [1.807, 2.05) is 13.0 Å². The van der Waals surface area contributed by atoms with E-state index in [9.17, 15) is 0 Å². The van der Waals surface area contributed by atoms with E-state index in [1.54, 1.807) is 0 Å². The second-order valence-corrected chi connectivity index (χ2v) is 3.50. The van der Waals surface area contributed by atoms with Crippen LogP contribution in [0.2, 0.25) is 0 Å². The summed E-state index contributed by atoms with van der Waals surface area (Å²) in [6.07, 6.45) is 4.99. The predicted molar refractivity (Wildman–Crippen MR) is 60.8 cm³/mol. The van der Waals surface area contributed by atoms with Gasteiger partial charge in [-0.3, -0.25) is 0 Å². The molecule has 1 aromatic carbocycles. The van der Waals surface area contributed by atoms with Crippen LogP contribution in [-0.2, 0) is 6.42 Å². The molecule has 1 rings (SSSR count). The Morgan fingerprint density at radius 2 is 1.86 bits per heavy atom. The molecule has 0 saturated heterocycles. The number of rotatable bonds is 6. The average molecular weight is 192 g/mol. The van der Waals surface area contributed by atoms with Crippen LogP contribution in [0.1, 0.15) is 38.7 Å². The molecule has 0 spiro atoms. The fourth-order valence-electron chi connectivity index (χ4n) is 1.57. The molecule has 14 heavy (non-hydrogen) atoms. The summed E-state index contributed by atoms with van der Waals surface area (Å²) in [5.41, 5.74) is 1.35. The van der Waals surface area contributed by atoms with Gasteiger partial charge in [0.25, 0.3) is 0 Å². The number of aryl methyl sites for hydroxylation is 1. The van der Waals surface area contributed by atoms with E-state index in [0.29, 0.717) is 0 Å². The van der Waals surface area contributed by atoms with Crippen LogP contribution in [0.5, 0.6) is 5.75 Å². The molecular formula is C13H20O. The largest absolute Gasteiger partial charge is 0.494 e. The Morgan fingerprint density at radius 1 is 1.07 bits per heavy atom. The number of hydrogen-bond acceptors (Lipinski definition) is 1. The fraction of sp³-hybridized carbons (Fsp3) is 0.538. The number of para-hydroxylation sites is 1. The lowest BCUT2D eigenvalue weighted by Gasteiger charge is -2.09. The Bertz CT molecular complexity index is 255. The summed E-state index contributed by atoms with van der Waals surface area (Å²) in [7, 11) is 0. The summed E-state index contributed by atoms with van der Waals surface area (Å²) in [6.45, 7) is 5.02. The summed E-state index contributed by atoms with van der Waals surface area (Å²) in [5, 5.41) is 0. The minimum absolute atomic E-state index is 0.755. The highest BCUT2D eigenvalue weighted by atomic mass is 16.5. The topological polar surface area (TPSA) is 9.23 Å². The van der Waals surface area contributed by atoms with Gasteiger partial charge in [-0.25, -0.2) is 0 Å². The van der Waals surface area contributed by atoms with Crippen LogP contribution >= 0.6 is 0 Å². The zero-order valence-corrected chi connectivity index (χ0v) is 9.25. The molecule has 0 heterocycles. The van der Waals surface area contributed by atoms with Crippen molar-refractivity contribution in [3.8, 4) is 5.75 Å². The van der Waals surface area contributed by atoms with Crippen molar-refractivity contribution in [1.82, 2.24) is 0 Å². The van der Waals surface area contributed by atoms with Crippen molar-refractivity contribution in [3.63, 3.8) is 0 Å². The van der Waals surface area contributed by atoms with Crippen molar-refractivity contribution in [2.45, 2.75) is 39.5 Å². The van der Waals surface area contributed by atoms with Crippen LogP contribution in [0.15, 0.2) is 24.3 Å². The van der Waals surface area contributed by atoms with Gasteiger partial charge < -0.3 is 4.74 Å². The van der Waals surface area contributed by atoms with Crippen LogP contribution < -0.4 is 4.74 Å². The number of ether oxygens (including phenoxy) is 1. The van der Waals surface area contributed by atoms with Crippen LogP contribution in [0, 0.1) is 0 Å². The highest BCUT2D eigenvalue weighted by Crippen LogP contribution is 2.20. The van der Waals surface area contributed by atoms with E-state index in [2.05, 4.69) is 25.1 Å². The molecule has 1 nitrogen and oxygen atoms in total. The normalized spacial score (nSPS) is 10.1. The highest BCUT2D eigenvalue weighted by Gasteiger charge is 2.00. The maximum Gasteiger partial charge on any atom is 0.122 e. The first-order valence-corrected chi connectivity index (χ1v) is 5.59. The molecule has 0 N–H and O–H groups in total. The van der Waals surface area contributed by atoms with Crippen molar-refractivity contribution in [1.29, 1.82) is 0 Å². The molecule has 0 atom stereocenters. The van der Waals surface area contributed by atoms with E-state index in [0.717, 1.165) is 18.8 Å². The summed E-state index contributed by atoms with van der Waals surface area (Å²) in [5.74, 6) is 1.06. The molecule has 1 aromatic rings. The van der Waals surface area contributed by atoms with E-state index in [1.165, 1.54) is 24.8 Å². The molecule has 0 amide bonds. The van der Waals surface area contributed by atoms with Gasteiger partial charge in [-0.05, 0) is 31.4 Å². The van der Waals surface area contributed by atoms with Crippen molar-refractivity contribution in [2.24, 2.45) is 0 Å². The first kappa shape index (κ1) is 11.1. The first-order chi connectivity index (χ1) is 6.88. The lowest BCUT2D eigenvalue weighted by Crippen LogP contribution is -1.96. The molecule has 0 aliphatic rings. The average Bonchev–Trinajstić information content (AvgIpc) is 2.21. The number of unbranched alkanes of at least 4 members (excludes halogenated alkanes) is 2. The standard InChI is InChI=1S/C13H20O/c1-3-5-6-9-12-10-7-8-11-13(12)14-4-2/h7-8,10-11H,3-6,9H2,1-2H3.